The highest BCUT2D eigenvalue weighted by atomic mass is 19.1. The minimum atomic E-state index is -0.322. The van der Waals surface area contributed by atoms with Crippen LogP contribution >= 0.6 is 0 Å². The van der Waals surface area contributed by atoms with Crippen LogP contribution in [0.3, 0.4) is 0 Å². The number of aromatic nitrogens is 1. The molecule has 1 unspecified atom stereocenters. The largest absolute Gasteiger partial charge is 0.376 e. The second-order valence-electron chi connectivity index (χ2n) is 8.95. The van der Waals surface area contributed by atoms with Crippen molar-refractivity contribution in [3.63, 3.8) is 0 Å². The SMILES string of the molecule is Cc1ccc(C(=O)N2CCC3(CC2)COC(CN(C)Cc2cccnc2)C3)cc1F. The molecule has 2 fully saturated rings. The molecule has 1 aromatic heterocycles. The Kier molecular flexibility index (Phi) is 6.16. The third kappa shape index (κ3) is 4.71. The average Bonchev–Trinajstić information content (AvgIpc) is 3.12. The molecule has 2 aliphatic rings. The van der Waals surface area contributed by atoms with E-state index < -0.39 is 0 Å². The van der Waals surface area contributed by atoms with Crippen molar-refractivity contribution in [2.75, 3.05) is 33.3 Å². The van der Waals surface area contributed by atoms with Crippen LogP contribution in [0.25, 0.3) is 0 Å². The number of amides is 1. The Balaban J connectivity index is 1.28. The number of carbonyl (C=O) groups is 1. The summed E-state index contributed by atoms with van der Waals surface area (Å²) in [6, 6.07) is 8.80. The molecule has 30 heavy (non-hydrogen) atoms. The van der Waals surface area contributed by atoms with Gasteiger partial charge in [0.25, 0.3) is 5.91 Å². The zero-order valence-corrected chi connectivity index (χ0v) is 17.8. The molecule has 0 saturated carbocycles. The average molecular weight is 412 g/mol. The molecule has 3 heterocycles. The smallest absolute Gasteiger partial charge is 0.253 e. The minimum absolute atomic E-state index is 0.0737. The third-order valence-corrected chi connectivity index (χ3v) is 6.51. The number of piperidine rings is 1. The fraction of sp³-hybridized carbons (Fsp3) is 0.500. The van der Waals surface area contributed by atoms with Gasteiger partial charge < -0.3 is 9.64 Å². The summed E-state index contributed by atoms with van der Waals surface area (Å²) in [4.78, 5) is 21.1. The van der Waals surface area contributed by atoms with Crippen molar-refractivity contribution < 1.29 is 13.9 Å². The molecular weight excluding hydrogens is 381 g/mol. The van der Waals surface area contributed by atoms with Crippen molar-refractivity contribution in [1.29, 1.82) is 0 Å². The van der Waals surface area contributed by atoms with E-state index in [-0.39, 0.29) is 23.2 Å². The van der Waals surface area contributed by atoms with Crippen molar-refractivity contribution in [1.82, 2.24) is 14.8 Å². The van der Waals surface area contributed by atoms with E-state index in [1.54, 1.807) is 25.3 Å². The summed E-state index contributed by atoms with van der Waals surface area (Å²) in [6.07, 6.45) is 6.83. The molecule has 160 valence electrons. The van der Waals surface area contributed by atoms with Gasteiger partial charge in [-0.1, -0.05) is 12.1 Å². The second kappa shape index (κ2) is 8.82. The fourth-order valence-corrected chi connectivity index (χ4v) is 4.67. The highest BCUT2D eigenvalue weighted by Crippen LogP contribution is 2.42. The van der Waals surface area contributed by atoms with Gasteiger partial charge in [0, 0.05) is 44.1 Å². The van der Waals surface area contributed by atoms with Gasteiger partial charge in [0.15, 0.2) is 0 Å². The van der Waals surface area contributed by atoms with E-state index in [9.17, 15) is 9.18 Å². The molecule has 5 nitrogen and oxygen atoms in total. The highest BCUT2D eigenvalue weighted by molar-refractivity contribution is 5.94. The fourth-order valence-electron chi connectivity index (χ4n) is 4.67. The summed E-state index contributed by atoms with van der Waals surface area (Å²) in [5, 5.41) is 0. The van der Waals surface area contributed by atoms with E-state index in [1.807, 2.05) is 17.2 Å². The van der Waals surface area contributed by atoms with Crippen molar-refractivity contribution in [2.45, 2.75) is 38.8 Å². The Morgan fingerprint density at radius 3 is 2.83 bits per heavy atom. The van der Waals surface area contributed by atoms with Gasteiger partial charge in [-0.15, -0.1) is 0 Å². The van der Waals surface area contributed by atoms with Crippen LogP contribution in [0.1, 0.15) is 40.7 Å². The highest BCUT2D eigenvalue weighted by Gasteiger charge is 2.43. The van der Waals surface area contributed by atoms with Crippen LogP contribution in [0.15, 0.2) is 42.7 Å². The maximum atomic E-state index is 13.8. The number of aryl methyl sites for hydroxylation is 1. The molecule has 0 N–H and O–H groups in total. The van der Waals surface area contributed by atoms with Crippen LogP contribution in [0.5, 0.6) is 0 Å². The lowest BCUT2D eigenvalue weighted by molar-refractivity contribution is 0.0457. The Morgan fingerprint density at radius 1 is 1.33 bits per heavy atom. The summed E-state index contributed by atoms with van der Waals surface area (Å²) in [5.74, 6) is -0.396. The number of rotatable bonds is 5. The van der Waals surface area contributed by atoms with E-state index >= 15 is 0 Å². The molecule has 1 aromatic carbocycles. The first kappa shape index (κ1) is 20.9. The molecule has 2 saturated heterocycles. The lowest BCUT2D eigenvalue weighted by Crippen LogP contribution is -2.43. The number of pyridine rings is 1. The minimum Gasteiger partial charge on any atom is -0.376 e. The standard InChI is InChI=1S/C24H30FN3O2/c1-18-5-6-20(12-22(18)25)23(29)28-10-7-24(8-11-28)13-21(30-17-24)16-27(2)15-19-4-3-9-26-14-19/h3-6,9,12,14,21H,7-8,10-11,13,15-17H2,1-2H3. The normalized spacial score (nSPS) is 20.8. The first-order chi connectivity index (χ1) is 14.4. The number of hydrogen-bond donors (Lipinski definition) is 0. The van der Waals surface area contributed by atoms with Gasteiger partial charge in [-0.05, 0) is 68.0 Å². The maximum absolute atomic E-state index is 13.8. The van der Waals surface area contributed by atoms with E-state index in [0.29, 0.717) is 24.2 Å². The van der Waals surface area contributed by atoms with Gasteiger partial charge >= 0.3 is 0 Å². The lowest BCUT2D eigenvalue weighted by Gasteiger charge is -2.38. The van der Waals surface area contributed by atoms with Crippen LogP contribution in [0.2, 0.25) is 0 Å². The van der Waals surface area contributed by atoms with Crippen LogP contribution in [-0.2, 0) is 11.3 Å². The number of carbonyl (C=O) groups excluding carboxylic acids is 1. The zero-order chi connectivity index (χ0) is 21.1. The quantitative estimate of drug-likeness (QED) is 0.753. The Labute approximate surface area is 177 Å². The molecule has 0 bridgehead atoms. The number of halogens is 1. The van der Waals surface area contributed by atoms with Crippen molar-refractivity contribution in [2.24, 2.45) is 5.41 Å². The van der Waals surface area contributed by atoms with Gasteiger partial charge in [-0.3, -0.25) is 14.7 Å². The van der Waals surface area contributed by atoms with Crippen LogP contribution in [-0.4, -0.2) is 60.1 Å². The first-order valence-corrected chi connectivity index (χ1v) is 10.7. The van der Waals surface area contributed by atoms with Crippen molar-refractivity contribution >= 4 is 5.91 Å². The Morgan fingerprint density at radius 2 is 2.13 bits per heavy atom. The van der Waals surface area contributed by atoms with E-state index in [4.69, 9.17) is 4.74 Å². The predicted molar refractivity (Wildman–Crippen MR) is 114 cm³/mol. The molecule has 1 spiro atoms. The van der Waals surface area contributed by atoms with E-state index in [1.165, 1.54) is 11.6 Å². The molecule has 0 aliphatic carbocycles. The number of likely N-dealkylation sites (N-methyl/N-ethyl adjacent to an activating group) is 1. The number of benzene rings is 1. The summed E-state index contributed by atoms with van der Waals surface area (Å²) in [5.41, 5.74) is 2.36. The topological polar surface area (TPSA) is 45.7 Å². The van der Waals surface area contributed by atoms with E-state index in [2.05, 4.69) is 23.0 Å². The number of nitrogens with zero attached hydrogens (tertiary/aromatic N) is 3. The second-order valence-corrected chi connectivity index (χ2v) is 8.95. The van der Waals surface area contributed by atoms with Gasteiger partial charge in [0.2, 0.25) is 0 Å². The van der Waals surface area contributed by atoms with Gasteiger partial charge in [-0.2, -0.15) is 0 Å². The Hall–Kier alpha value is -2.31. The van der Waals surface area contributed by atoms with Gasteiger partial charge in [0.1, 0.15) is 5.82 Å². The Bertz CT molecular complexity index is 881. The molecule has 1 atom stereocenters. The van der Waals surface area contributed by atoms with Crippen LogP contribution in [0.4, 0.5) is 4.39 Å². The van der Waals surface area contributed by atoms with Gasteiger partial charge in [-0.25, -0.2) is 4.39 Å². The lowest BCUT2D eigenvalue weighted by atomic mass is 9.76. The number of ether oxygens (including phenoxy) is 1. The molecular formula is C24H30FN3O2. The summed E-state index contributed by atoms with van der Waals surface area (Å²) < 4.78 is 20.0. The molecule has 2 aromatic rings. The van der Waals surface area contributed by atoms with Crippen LogP contribution in [0, 0.1) is 18.2 Å². The molecule has 4 rings (SSSR count). The van der Waals surface area contributed by atoms with Crippen molar-refractivity contribution in [3.8, 4) is 0 Å². The number of likely N-dealkylation sites (tertiary alicyclic amines) is 1. The third-order valence-electron chi connectivity index (χ3n) is 6.51. The first-order valence-electron chi connectivity index (χ1n) is 10.7. The monoisotopic (exact) mass is 411 g/mol. The molecule has 2 aliphatic heterocycles. The van der Waals surface area contributed by atoms with E-state index in [0.717, 1.165) is 39.0 Å². The zero-order valence-electron chi connectivity index (χ0n) is 17.8. The maximum Gasteiger partial charge on any atom is 0.253 e. The molecule has 0 radical (unpaired) electrons. The summed E-state index contributed by atoms with van der Waals surface area (Å²) in [7, 11) is 2.11. The summed E-state index contributed by atoms with van der Waals surface area (Å²) in [6.45, 7) is 5.63. The number of hydrogen-bond acceptors (Lipinski definition) is 4. The van der Waals surface area contributed by atoms with Crippen LogP contribution < -0.4 is 0 Å². The van der Waals surface area contributed by atoms with Gasteiger partial charge in [0.05, 0.1) is 12.7 Å². The van der Waals surface area contributed by atoms with Crippen molar-refractivity contribution in [3.05, 3.63) is 65.2 Å². The predicted octanol–water partition coefficient (Wildman–Crippen LogP) is 3.67. The molecule has 1 amide bonds. The summed E-state index contributed by atoms with van der Waals surface area (Å²) >= 11 is 0. The molecule has 6 heteroatoms.